The molecule has 1 aromatic rings. The van der Waals surface area contributed by atoms with Crippen molar-refractivity contribution >= 4 is 11.6 Å². The van der Waals surface area contributed by atoms with Gasteiger partial charge in [0.05, 0.1) is 11.6 Å². The SMILES string of the molecule is C#CC(C)NC(=O)c1cc(C)ccc1N. The van der Waals surface area contributed by atoms with E-state index in [0.717, 1.165) is 5.56 Å². The molecule has 1 amide bonds. The van der Waals surface area contributed by atoms with E-state index in [1.165, 1.54) is 0 Å². The third-order valence-electron chi connectivity index (χ3n) is 2.05. The highest BCUT2D eigenvalue weighted by atomic mass is 16.1. The van der Waals surface area contributed by atoms with Crippen LogP contribution in [0.4, 0.5) is 5.69 Å². The van der Waals surface area contributed by atoms with E-state index in [9.17, 15) is 4.79 Å². The Kier molecular flexibility index (Phi) is 3.35. The van der Waals surface area contributed by atoms with Crippen molar-refractivity contribution in [2.75, 3.05) is 5.73 Å². The first-order chi connectivity index (χ1) is 7.04. The lowest BCUT2D eigenvalue weighted by molar-refractivity contribution is 0.0949. The van der Waals surface area contributed by atoms with Gasteiger partial charge in [0.2, 0.25) is 0 Å². The topological polar surface area (TPSA) is 55.1 Å². The van der Waals surface area contributed by atoms with Crippen LogP contribution < -0.4 is 11.1 Å². The van der Waals surface area contributed by atoms with E-state index in [1.54, 1.807) is 19.1 Å². The van der Waals surface area contributed by atoms with Gasteiger partial charge in [0.25, 0.3) is 5.91 Å². The fourth-order valence-electron chi connectivity index (χ4n) is 1.18. The number of rotatable bonds is 2. The van der Waals surface area contributed by atoms with Gasteiger partial charge in [-0.15, -0.1) is 6.42 Å². The Balaban J connectivity index is 2.92. The van der Waals surface area contributed by atoms with Crippen LogP contribution in [0.1, 0.15) is 22.8 Å². The second kappa shape index (κ2) is 4.52. The minimum atomic E-state index is -0.294. The summed E-state index contributed by atoms with van der Waals surface area (Å²) in [5.41, 5.74) is 7.61. The van der Waals surface area contributed by atoms with E-state index in [2.05, 4.69) is 11.2 Å². The largest absolute Gasteiger partial charge is 0.398 e. The third kappa shape index (κ3) is 2.75. The lowest BCUT2D eigenvalue weighted by Gasteiger charge is -2.10. The Hall–Kier alpha value is -1.95. The van der Waals surface area contributed by atoms with Gasteiger partial charge in [-0.3, -0.25) is 4.79 Å². The number of anilines is 1. The average molecular weight is 202 g/mol. The number of amides is 1. The second-order valence-corrected chi connectivity index (χ2v) is 3.45. The number of nitrogen functional groups attached to an aromatic ring is 1. The molecule has 0 saturated heterocycles. The predicted molar refractivity (Wildman–Crippen MR) is 61.4 cm³/mol. The average Bonchev–Trinajstić information content (AvgIpc) is 2.21. The normalized spacial score (nSPS) is 11.5. The number of carbonyl (C=O) groups excluding carboxylic acids is 1. The molecule has 0 aromatic heterocycles. The summed E-state index contributed by atoms with van der Waals surface area (Å²) in [7, 11) is 0. The first-order valence-electron chi connectivity index (χ1n) is 4.67. The summed E-state index contributed by atoms with van der Waals surface area (Å²) in [6, 6.07) is 5.02. The molecule has 1 aromatic carbocycles. The van der Waals surface area contributed by atoms with E-state index >= 15 is 0 Å². The Bertz CT molecular complexity index is 418. The summed E-state index contributed by atoms with van der Waals surface area (Å²) in [4.78, 5) is 11.7. The first-order valence-corrected chi connectivity index (χ1v) is 4.67. The minimum Gasteiger partial charge on any atom is -0.398 e. The van der Waals surface area contributed by atoms with Crippen molar-refractivity contribution in [1.82, 2.24) is 5.32 Å². The van der Waals surface area contributed by atoms with Gasteiger partial charge in [-0.25, -0.2) is 0 Å². The molecule has 3 N–H and O–H groups in total. The molecule has 0 radical (unpaired) electrons. The van der Waals surface area contributed by atoms with Crippen LogP contribution in [0.2, 0.25) is 0 Å². The zero-order valence-corrected chi connectivity index (χ0v) is 8.87. The molecule has 15 heavy (non-hydrogen) atoms. The predicted octanol–water partition coefficient (Wildman–Crippen LogP) is 1.33. The van der Waals surface area contributed by atoms with Crippen LogP contribution in [-0.4, -0.2) is 11.9 Å². The van der Waals surface area contributed by atoms with Crippen LogP contribution in [0.3, 0.4) is 0 Å². The molecule has 78 valence electrons. The highest BCUT2D eigenvalue weighted by molar-refractivity contribution is 5.99. The zero-order chi connectivity index (χ0) is 11.4. The van der Waals surface area contributed by atoms with Gasteiger partial charge in [0, 0.05) is 5.69 Å². The van der Waals surface area contributed by atoms with Crippen LogP contribution in [-0.2, 0) is 0 Å². The molecule has 0 fully saturated rings. The molecule has 3 heteroatoms. The lowest BCUT2D eigenvalue weighted by atomic mass is 10.1. The number of hydrogen-bond donors (Lipinski definition) is 2. The van der Waals surface area contributed by atoms with Crippen molar-refractivity contribution in [3.63, 3.8) is 0 Å². The van der Waals surface area contributed by atoms with Gasteiger partial charge in [-0.05, 0) is 26.0 Å². The van der Waals surface area contributed by atoms with Crippen LogP contribution in [0.5, 0.6) is 0 Å². The van der Waals surface area contributed by atoms with E-state index in [1.807, 2.05) is 13.0 Å². The number of terminal acetylenes is 1. The van der Waals surface area contributed by atoms with E-state index < -0.39 is 0 Å². The number of aryl methyl sites for hydroxylation is 1. The molecule has 0 aliphatic rings. The van der Waals surface area contributed by atoms with Gasteiger partial charge in [0.1, 0.15) is 0 Å². The number of carbonyl (C=O) groups is 1. The zero-order valence-electron chi connectivity index (χ0n) is 8.87. The van der Waals surface area contributed by atoms with Gasteiger partial charge < -0.3 is 11.1 Å². The summed E-state index contributed by atoms with van der Waals surface area (Å²) < 4.78 is 0. The molecular formula is C12H14N2O. The molecule has 1 atom stereocenters. The maximum Gasteiger partial charge on any atom is 0.254 e. The number of nitrogens with two attached hydrogens (primary N) is 1. The molecule has 0 aliphatic heterocycles. The van der Waals surface area contributed by atoms with Gasteiger partial charge in [0.15, 0.2) is 0 Å². The van der Waals surface area contributed by atoms with Crippen LogP contribution >= 0.6 is 0 Å². The summed E-state index contributed by atoms with van der Waals surface area (Å²) in [5.74, 6) is 2.19. The van der Waals surface area contributed by atoms with Crippen molar-refractivity contribution in [2.24, 2.45) is 0 Å². The number of nitrogens with one attached hydrogen (secondary N) is 1. The van der Waals surface area contributed by atoms with Crippen LogP contribution in [0, 0.1) is 19.3 Å². The molecule has 1 rings (SSSR count). The molecule has 0 saturated carbocycles. The summed E-state index contributed by atoms with van der Waals surface area (Å²) in [6.45, 7) is 3.64. The highest BCUT2D eigenvalue weighted by Gasteiger charge is 2.11. The van der Waals surface area contributed by atoms with Crippen molar-refractivity contribution < 1.29 is 4.79 Å². The van der Waals surface area contributed by atoms with Crippen LogP contribution in [0.25, 0.3) is 0 Å². The van der Waals surface area contributed by atoms with Crippen molar-refractivity contribution in [1.29, 1.82) is 0 Å². The Labute approximate surface area is 89.7 Å². The first kappa shape index (κ1) is 11.1. The lowest BCUT2D eigenvalue weighted by Crippen LogP contribution is -2.31. The van der Waals surface area contributed by atoms with E-state index in [4.69, 9.17) is 12.2 Å². The summed E-state index contributed by atoms with van der Waals surface area (Å²) >= 11 is 0. The summed E-state index contributed by atoms with van der Waals surface area (Å²) in [5, 5.41) is 2.66. The number of hydrogen-bond acceptors (Lipinski definition) is 2. The maximum absolute atomic E-state index is 11.7. The fourth-order valence-corrected chi connectivity index (χ4v) is 1.18. The van der Waals surface area contributed by atoms with Gasteiger partial charge >= 0.3 is 0 Å². The number of benzene rings is 1. The highest BCUT2D eigenvalue weighted by Crippen LogP contribution is 2.13. The quantitative estimate of drug-likeness (QED) is 0.561. The summed E-state index contributed by atoms with van der Waals surface area (Å²) in [6.07, 6.45) is 5.17. The van der Waals surface area contributed by atoms with Gasteiger partial charge in [-0.1, -0.05) is 17.6 Å². The van der Waals surface area contributed by atoms with E-state index in [0.29, 0.717) is 11.3 Å². The fraction of sp³-hybridized carbons (Fsp3) is 0.250. The van der Waals surface area contributed by atoms with Crippen molar-refractivity contribution in [2.45, 2.75) is 19.9 Å². The smallest absolute Gasteiger partial charge is 0.254 e. The molecule has 0 spiro atoms. The molecule has 1 unspecified atom stereocenters. The second-order valence-electron chi connectivity index (χ2n) is 3.45. The van der Waals surface area contributed by atoms with Crippen molar-refractivity contribution in [3.8, 4) is 12.3 Å². The molecule has 0 bridgehead atoms. The van der Waals surface area contributed by atoms with E-state index in [-0.39, 0.29) is 11.9 Å². The standard InChI is InChI=1S/C12H14N2O/c1-4-9(3)14-12(15)10-7-8(2)5-6-11(10)13/h1,5-7,9H,13H2,2-3H3,(H,14,15). The van der Waals surface area contributed by atoms with Gasteiger partial charge in [-0.2, -0.15) is 0 Å². The van der Waals surface area contributed by atoms with Crippen LogP contribution in [0.15, 0.2) is 18.2 Å². The molecular weight excluding hydrogens is 188 g/mol. The Morgan fingerprint density at radius 2 is 2.27 bits per heavy atom. The molecule has 0 aliphatic carbocycles. The monoisotopic (exact) mass is 202 g/mol. The molecule has 0 heterocycles. The van der Waals surface area contributed by atoms with Crippen molar-refractivity contribution in [3.05, 3.63) is 29.3 Å². The Morgan fingerprint density at radius 3 is 2.87 bits per heavy atom. The third-order valence-corrected chi connectivity index (χ3v) is 2.05. The Morgan fingerprint density at radius 1 is 1.60 bits per heavy atom. The molecule has 3 nitrogen and oxygen atoms in total. The maximum atomic E-state index is 11.7. The minimum absolute atomic E-state index is 0.235.